The molecule has 1 saturated heterocycles. The number of nitrogens with zero attached hydrogens (tertiary/aromatic N) is 4. The molecule has 1 N–H and O–H groups in total. The van der Waals surface area contributed by atoms with E-state index in [-0.39, 0.29) is 36.7 Å². The second-order valence-corrected chi connectivity index (χ2v) is 9.31. The minimum Gasteiger partial charge on any atom is -0.355 e. The van der Waals surface area contributed by atoms with Gasteiger partial charge in [0, 0.05) is 19.0 Å². The second-order valence-electron chi connectivity index (χ2n) is 9.31. The molecule has 172 valence electrons. The maximum atomic E-state index is 13.8. The van der Waals surface area contributed by atoms with Crippen LogP contribution >= 0.6 is 0 Å². The van der Waals surface area contributed by atoms with Gasteiger partial charge in [0.1, 0.15) is 6.07 Å². The van der Waals surface area contributed by atoms with E-state index in [0.29, 0.717) is 23.5 Å². The predicted molar refractivity (Wildman–Crippen MR) is 117 cm³/mol. The lowest BCUT2D eigenvalue weighted by Gasteiger charge is -2.31. The Morgan fingerprint density at radius 1 is 1.36 bits per heavy atom. The zero-order valence-corrected chi connectivity index (χ0v) is 18.5. The number of ketones is 1. The van der Waals surface area contributed by atoms with Crippen molar-refractivity contribution in [3.63, 3.8) is 0 Å². The summed E-state index contributed by atoms with van der Waals surface area (Å²) in [7, 11) is 0. The number of alkyl halides is 3. The number of fused-ring (bicyclic) bond motifs is 1. The molecule has 33 heavy (non-hydrogen) atoms. The summed E-state index contributed by atoms with van der Waals surface area (Å²) in [4.78, 5) is 14.6. The molecule has 2 heterocycles. The number of hydrogen-bond donors (Lipinski definition) is 1. The van der Waals surface area contributed by atoms with Crippen molar-refractivity contribution in [1.82, 2.24) is 15.1 Å². The van der Waals surface area contributed by atoms with Crippen LogP contribution in [0, 0.1) is 29.1 Å². The van der Waals surface area contributed by atoms with Gasteiger partial charge in [0.25, 0.3) is 0 Å². The average Bonchev–Trinajstić information content (AvgIpc) is 3.38. The largest absolute Gasteiger partial charge is 0.435 e. The van der Waals surface area contributed by atoms with Crippen LogP contribution in [0.2, 0.25) is 0 Å². The minimum absolute atomic E-state index is 0.0258. The van der Waals surface area contributed by atoms with Crippen molar-refractivity contribution >= 4 is 11.5 Å². The highest BCUT2D eigenvalue weighted by Crippen LogP contribution is 2.42. The number of anilines is 1. The molecule has 0 unspecified atom stereocenters. The fourth-order valence-corrected chi connectivity index (χ4v) is 4.76. The van der Waals surface area contributed by atoms with Gasteiger partial charge in [0.05, 0.1) is 34.7 Å². The van der Waals surface area contributed by atoms with Gasteiger partial charge in [-0.25, -0.2) is 4.68 Å². The molecule has 6 nitrogen and oxygen atoms in total. The number of terminal acetylenes is 1. The molecule has 4 rings (SSSR count). The van der Waals surface area contributed by atoms with Crippen LogP contribution in [0.4, 0.5) is 18.9 Å². The number of Topliss-reactive ketones (excluding diaryl/α,β-unsaturated/α-hetero) is 1. The van der Waals surface area contributed by atoms with Gasteiger partial charge in [0.2, 0.25) is 0 Å². The van der Waals surface area contributed by atoms with E-state index < -0.39 is 23.1 Å². The SMILES string of the molecule is C#CCN(c1cc(-n2nc(C(F)(F)F)c3c2CC(C)(C)CC3=O)ccc1C#N)[C@H]1CCNC1. The summed E-state index contributed by atoms with van der Waals surface area (Å²) in [6.07, 6.45) is 1.96. The molecule has 0 amide bonds. The van der Waals surface area contributed by atoms with Crippen LogP contribution in [-0.4, -0.2) is 41.2 Å². The lowest BCUT2D eigenvalue weighted by atomic mass is 9.75. The number of nitrogens with one attached hydrogen (secondary N) is 1. The molecule has 0 bridgehead atoms. The highest BCUT2D eigenvalue weighted by molar-refractivity contribution is 6.00. The number of carbonyl (C=O) groups is 1. The van der Waals surface area contributed by atoms with Crippen LogP contribution < -0.4 is 10.2 Å². The maximum Gasteiger partial charge on any atom is 0.435 e. The molecule has 1 aliphatic carbocycles. The van der Waals surface area contributed by atoms with Gasteiger partial charge in [0.15, 0.2) is 11.5 Å². The second kappa shape index (κ2) is 8.24. The standard InChI is InChI=1S/C24H24F3N5O/c1-4-9-31(17-7-8-29-14-17)18-10-16(6-5-15(18)13-28)32-19-11-23(2,3)12-20(33)21(19)22(30-32)24(25,26)27/h1,5-6,10,17,29H,7-9,11-12,14H2,2-3H3/t17-/m0/s1. The van der Waals surface area contributed by atoms with E-state index in [4.69, 9.17) is 6.42 Å². The molecule has 2 aliphatic rings. The Labute approximate surface area is 190 Å². The number of rotatable bonds is 4. The van der Waals surface area contributed by atoms with Gasteiger partial charge in [-0.15, -0.1) is 6.42 Å². The van der Waals surface area contributed by atoms with E-state index in [1.807, 2.05) is 18.7 Å². The van der Waals surface area contributed by atoms with Crippen molar-refractivity contribution in [2.24, 2.45) is 5.41 Å². The first-order valence-corrected chi connectivity index (χ1v) is 10.7. The Kier molecular flexibility index (Phi) is 5.71. The first-order chi connectivity index (χ1) is 15.6. The van der Waals surface area contributed by atoms with Crippen LogP contribution in [0.1, 0.15) is 54.0 Å². The van der Waals surface area contributed by atoms with Crippen molar-refractivity contribution in [3.05, 3.63) is 40.7 Å². The molecule has 1 aromatic carbocycles. The molecule has 1 aliphatic heterocycles. The fourth-order valence-electron chi connectivity index (χ4n) is 4.76. The van der Waals surface area contributed by atoms with Crippen LogP contribution in [0.3, 0.4) is 0 Å². The molecule has 0 spiro atoms. The summed E-state index contributed by atoms with van der Waals surface area (Å²) in [5.41, 5.74) is -0.502. The summed E-state index contributed by atoms with van der Waals surface area (Å²) in [6, 6.07) is 6.98. The van der Waals surface area contributed by atoms with Crippen molar-refractivity contribution in [1.29, 1.82) is 5.26 Å². The molecule has 9 heteroatoms. The monoisotopic (exact) mass is 455 g/mol. The molecular weight excluding hydrogens is 431 g/mol. The van der Waals surface area contributed by atoms with Gasteiger partial charge < -0.3 is 10.2 Å². The molecule has 0 saturated carbocycles. The zero-order chi connectivity index (χ0) is 24.0. The topological polar surface area (TPSA) is 74.0 Å². The van der Waals surface area contributed by atoms with Gasteiger partial charge in [-0.3, -0.25) is 4.79 Å². The minimum atomic E-state index is -4.76. The van der Waals surface area contributed by atoms with Crippen molar-refractivity contribution in [2.75, 3.05) is 24.5 Å². The first-order valence-electron chi connectivity index (χ1n) is 10.7. The molecular formula is C24H24F3N5O. The van der Waals surface area contributed by atoms with E-state index in [1.165, 1.54) is 4.68 Å². The fraction of sp³-hybridized carbons (Fsp3) is 0.458. The van der Waals surface area contributed by atoms with Gasteiger partial charge in [-0.05, 0) is 43.0 Å². The third-order valence-corrected chi connectivity index (χ3v) is 6.21. The van der Waals surface area contributed by atoms with Crippen molar-refractivity contribution in [2.45, 2.75) is 45.3 Å². The highest BCUT2D eigenvalue weighted by atomic mass is 19.4. The van der Waals surface area contributed by atoms with Crippen LogP contribution in [0.15, 0.2) is 18.2 Å². The lowest BCUT2D eigenvalue weighted by Crippen LogP contribution is -2.37. The quantitative estimate of drug-likeness (QED) is 0.712. The van der Waals surface area contributed by atoms with Gasteiger partial charge in [-0.1, -0.05) is 19.8 Å². The highest BCUT2D eigenvalue weighted by Gasteiger charge is 2.45. The number of halogens is 3. The average molecular weight is 455 g/mol. The number of carbonyl (C=O) groups excluding carboxylic acids is 1. The van der Waals surface area contributed by atoms with Crippen LogP contribution in [0.25, 0.3) is 5.69 Å². The summed E-state index contributed by atoms with van der Waals surface area (Å²) in [6.45, 7) is 5.46. The Balaban J connectivity index is 1.90. The van der Waals surface area contributed by atoms with Crippen LogP contribution in [-0.2, 0) is 12.6 Å². The van der Waals surface area contributed by atoms with E-state index >= 15 is 0 Å². The van der Waals surface area contributed by atoms with Crippen molar-refractivity contribution < 1.29 is 18.0 Å². The van der Waals surface area contributed by atoms with E-state index in [2.05, 4.69) is 22.4 Å². The Bertz CT molecular complexity index is 1180. The third kappa shape index (κ3) is 4.21. The molecule has 0 radical (unpaired) electrons. The Morgan fingerprint density at radius 3 is 2.73 bits per heavy atom. The number of benzene rings is 1. The summed E-state index contributed by atoms with van der Waals surface area (Å²) in [5.74, 6) is 2.06. The van der Waals surface area contributed by atoms with Gasteiger partial charge >= 0.3 is 6.18 Å². The Hall–Kier alpha value is -3.30. The normalized spacial score (nSPS) is 19.6. The Morgan fingerprint density at radius 2 is 2.12 bits per heavy atom. The smallest absolute Gasteiger partial charge is 0.355 e. The zero-order valence-electron chi connectivity index (χ0n) is 18.5. The molecule has 2 aromatic rings. The third-order valence-electron chi connectivity index (χ3n) is 6.21. The first kappa shape index (κ1) is 22.9. The van der Waals surface area contributed by atoms with Crippen molar-refractivity contribution in [3.8, 4) is 24.1 Å². The van der Waals surface area contributed by atoms with E-state index in [1.54, 1.807) is 18.2 Å². The number of nitriles is 1. The van der Waals surface area contributed by atoms with Gasteiger partial charge in [-0.2, -0.15) is 23.5 Å². The number of aromatic nitrogens is 2. The van der Waals surface area contributed by atoms with E-state index in [9.17, 15) is 23.2 Å². The molecule has 1 fully saturated rings. The molecule has 1 atom stereocenters. The van der Waals surface area contributed by atoms with E-state index in [0.717, 1.165) is 13.0 Å². The lowest BCUT2D eigenvalue weighted by molar-refractivity contribution is -0.141. The number of hydrogen-bond acceptors (Lipinski definition) is 5. The van der Waals surface area contributed by atoms with Crippen LogP contribution in [0.5, 0.6) is 0 Å². The molecule has 1 aromatic heterocycles. The summed E-state index contributed by atoms with van der Waals surface area (Å²) >= 11 is 0. The summed E-state index contributed by atoms with van der Waals surface area (Å²) in [5, 5.41) is 16.8. The summed E-state index contributed by atoms with van der Waals surface area (Å²) < 4.78 is 42.6. The predicted octanol–water partition coefficient (Wildman–Crippen LogP) is 3.72. The maximum absolute atomic E-state index is 13.8.